The Morgan fingerprint density at radius 1 is 0.736 bits per heavy atom. The number of thiophene rings is 1. The second kappa shape index (κ2) is 14.2. The van der Waals surface area contributed by atoms with Gasteiger partial charge < -0.3 is 9.13 Å². The summed E-state index contributed by atoms with van der Waals surface area (Å²) < 4.78 is 7.19. The van der Waals surface area contributed by atoms with Crippen molar-refractivity contribution in [3.8, 4) is 5.69 Å². The molecule has 53 heavy (non-hydrogen) atoms. The van der Waals surface area contributed by atoms with Gasteiger partial charge in [0, 0.05) is 53.1 Å². The van der Waals surface area contributed by atoms with Crippen LogP contribution >= 0.6 is 11.3 Å². The largest absolute Gasteiger partial charge is 0.320 e. The molecule has 3 heterocycles. The zero-order valence-corrected chi connectivity index (χ0v) is 30.5. The van der Waals surface area contributed by atoms with Gasteiger partial charge in [0.05, 0.1) is 33.7 Å². The van der Waals surface area contributed by atoms with E-state index in [-0.39, 0.29) is 0 Å². The van der Waals surface area contributed by atoms with Crippen molar-refractivity contribution in [2.24, 2.45) is 9.98 Å². The molecule has 4 nitrogen and oxygen atoms in total. The van der Waals surface area contributed by atoms with Gasteiger partial charge in [-0.2, -0.15) is 0 Å². The van der Waals surface area contributed by atoms with Crippen LogP contribution < -0.4 is 0 Å². The molecule has 5 aromatic carbocycles. The van der Waals surface area contributed by atoms with Crippen LogP contribution in [0.1, 0.15) is 23.7 Å². The van der Waals surface area contributed by atoms with Gasteiger partial charge >= 0.3 is 0 Å². The summed E-state index contributed by atoms with van der Waals surface area (Å²) >= 11 is 1.83. The van der Waals surface area contributed by atoms with Crippen molar-refractivity contribution < 1.29 is 0 Å². The number of para-hydroxylation sites is 1. The molecule has 5 heteroatoms. The standard InChI is InChI=1S/C48H38N4S/c1-6-17-32(18-7-2)40(30-39(49-5)33-19-11-10-12-20-33)50-31-51-42-23-15-13-22-37(42)48-43(51)26-27-44-47(48)35(8-3)41(9-4)52(44)34-25-28-46-38(29-34)36-21-14-16-24-45(36)53-46/h6-30H,1,3-5,31H2,2H3/b18-7-,32-17+,39-30-,50-40+. The minimum Gasteiger partial charge on any atom is -0.320 e. The fraction of sp³-hybridized carbons (Fsp3) is 0.0417. The Morgan fingerprint density at radius 3 is 2.23 bits per heavy atom. The Labute approximate surface area is 313 Å². The Balaban J connectivity index is 1.36. The van der Waals surface area contributed by atoms with E-state index in [1.165, 1.54) is 20.2 Å². The van der Waals surface area contributed by atoms with Crippen molar-refractivity contribution in [1.82, 2.24) is 9.13 Å². The summed E-state index contributed by atoms with van der Waals surface area (Å²) in [5.74, 6) is 0. The zero-order chi connectivity index (χ0) is 36.5. The SMILES string of the molecule is C=C/C=C(\C=C/C)C(/C=C(\N=C)c1ccccc1)=N/Cn1c2ccccc2c2c3c(C=C)c(C=C)n(-c4ccc5sc6ccccc6c5c4)c3ccc21. The number of aliphatic imine (C=N–C) groups is 2. The molecule has 0 N–H and O–H groups in total. The Kier molecular flexibility index (Phi) is 9.01. The topological polar surface area (TPSA) is 34.6 Å². The molecule has 0 bridgehead atoms. The third-order valence-electron chi connectivity index (χ3n) is 9.79. The van der Waals surface area contributed by atoms with Gasteiger partial charge in [0.1, 0.15) is 6.67 Å². The highest BCUT2D eigenvalue weighted by molar-refractivity contribution is 7.25. The predicted octanol–water partition coefficient (Wildman–Crippen LogP) is 13.2. The molecule has 0 saturated carbocycles. The van der Waals surface area contributed by atoms with E-state index < -0.39 is 0 Å². The van der Waals surface area contributed by atoms with E-state index in [0.29, 0.717) is 6.67 Å². The Bertz CT molecular complexity index is 2880. The fourth-order valence-corrected chi connectivity index (χ4v) is 8.60. The van der Waals surface area contributed by atoms with Crippen LogP contribution in [-0.4, -0.2) is 21.6 Å². The number of rotatable bonds is 11. The maximum absolute atomic E-state index is 5.28. The van der Waals surface area contributed by atoms with Crippen molar-refractivity contribution in [2.45, 2.75) is 13.6 Å². The third kappa shape index (κ3) is 5.72. The van der Waals surface area contributed by atoms with Crippen molar-refractivity contribution in [1.29, 1.82) is 0 Å². The number of hydrogen-bond donors (Lipinski definition) is 0. The number of hydrogen-bond acceptors (Lipinski definition) is 3. The van der Waals surface area contributed by atoms with Crippen LogP contribution in [0.15, 0.2) is 175 Å². The molecular weight excluding hydrogens is 665 g/mol. The van der Waals surface area contributed by atoms with E-state index in [9.17, 15) is 0 Å². The van der Waals surface area contributed by atoms with E-state index in [2.05, 4.69) is 119 Å². The molecule has 0 aliphatic rings. The van der Waals surface area contributed by atoms with Gasteiger partial charge in [-0.05, 0) is 73.8 Å². The van der Waals surface area contributed by atoms with Gasteiger partial charge in [0.2, 0.25) is 0 Å². The van der Waals surface area contributed by atoms with Gasteiger partial charge in [0.15, 0.2) is 0 Å². The first-order chi connectivity index (χ1) is 26.1. The Hall–Kier alpha value is -6.56. The summed E-state index contributed by atoms with van der Waals surface area (Å²) in [6.45, 7) is 18.9. The van der Waals surface area contributed by atoms with E-state index >= 15 is 0 Å². The van der Waals surface area contributed by atoms with Crippen molar-refractivity contribution in [3.05, 3.63) is 182 Å². The Morgan fingerprint density at radius 2 is 1.47 bits per heavy atom. The molecule has 256 valence electrons. The van der Waals surface area contributed by atoms with Gasteiger partial charge in [0.25, 0.3) is 0 Å². The number of nitrogens with zero attached hydrogens (tertiary/aromatic N) is 4. The van der Waals surface area contributed by atoms with Gasteiger partial charge in [-0.1, -0.05) is 117 Å². The molecule has 0 aliphatic carbocycles. The second-order valence-corrected chi connectivity index (χ2v) is 13.8. The lowest BCUT2D eigenvalue weighted by Gasteiger charge is -2.10. The summed E-state index contributed by atoms with van der Waals surface area (Å²) in [4.78, 5) is 9.68. The highest BCUT2D eigenvalue weighted by atomic mass is 32.1. The first-order valence-corrected chi connectivity index (χ1v) is 18.4. The molecule has 0 unspecified atom stereocenters. The fourth-order valence-electron chi connectivity index (χ4n) is 7.52. The molecule has 0 aliphatic heterocycles. The van der Waals surface area contributed by atoms with Crippen LogP contribution in [0.5, 0.6) is 0 Å². The van der Waals surface area contributed by atoms with E-state index in [4.69, 9.17) is 4.99 Å². The lowest BCUT2D eigenvalue weighted by Crippen LogP contribution is -2.04. The number of aromatic nitrogens is 2. The number of benzene rings is 5. The molecular formula is C48H38N4S. The van der Waals surface area contributed by atoms with Crippen LogP contribution in [0, 0.1) is 0 Å². The summed E-state index contributed by atoms with van der Waals surface area (Å²) in [6, 6.07) is 38.5. The average molecular weight is 703 g/mol. The quantitative estimate of drug-likeness (QED) is 0.0950. The lowest BCUT2D eigenvalue weighted by molar-refractivity contribution is 0.794. The molecule has 8 aromatic rings. The second-order valence-electron chi connectivity index (χ2n) is 12.7. The van der Waals surface area contributed by atoms with Crippen LogP contribution in [0.25, 0.3) is 76.4 Å². The zero-order valence-electron chi connectivity index (χ0n) is 29.7. The van der Waals surface area contributed by atoms with E-state index in [1.54, 1.807) is 6.08 Å². The summed E-state index contributed by atoms with van der Waals surface area (Å²) in [7, 11) is 0. The maximum Gasteiger partial charge on any atom is 0.115 e. The summed E-state index contributed by atoms with van der Waals surface area (Å²) in [5, 5.41) is 5.99. The lowest BCUT2D eigenvalue weighted by atomic mass is 10.0. The van der Waals surface area contributed by atoms with Gasteiger partial charge in [-0.3, -0.25) is 9.98 Å². The normalized spacial score (nSPS) is 12.9. The number of fused-ring (bicyclic) bond motifs is 8. The molecule has 0 fully saturated rings. The van der Waals surface area contributed by atoms with Crippen molar-refractivity contribution in [2.75, 3.05) is 0 Å². The minimum absolute atomic E-state index is 0.382. The van der Waals surface area contributed by atoms with E-state index in [0.717, 1.165) is 72.2 Å². The first-order valence-electron chi connectivity index (χ1n) is 17.6. The van der Waals surface area contributed by atoms with Crippen LogP contribution in [-0.2, 0) is 6.67 Å². The van der Waals surface area contributed by atoms with Crippen LogP contribution in [0.2, 0.25) is 0 Å². The van der Waals surface area contributed by atoms with Crippen LogP contribution in [0.4, 0.5) is 0 Å². The highest BCUT2D eigenvalue weighted by Gasteiger charge is 2.22. The average Bonchev–Trinajstić information content (AvgIpc) is 3.85. The van der Waals surface area contributed by atoms with E-state index in [1.807, 2.05) is 85.0 Å². The maximum atomic E-state index is 5.28. The van der Waals surface area contributed by atoms with Crippen molar-refractivity contribution >= 4 is 94.5 Å². The predicted molar refractivity (Wildman–Crippen MR) is 234 cm³/mol. The molecule has 8 rings (SSSR count). The first kappa shape index (κ1) is 33.6. The molecule has 0 spiro atoms. The minimum atomic E-state index is 0.382. The number of allylic oxidation sites excluding steroid dienone is 6. The third-order valence-corrected chi connectivity index (χ3v) is 10.9. The highest BCUT2D eigenvalue weighted by Crippen LogP contribution is 2.42. The summed E-state index contributed by atoms with van der Waals surface area (Å²) in [5.41, 5.74) is 9.88. The summed E-state index contributed by atoms with van der Waals surface area (Å²) in [6.07, 6.45) is 13.7. The molecule has 0 saturated heterocycles. The van der Waals surface area contributed by atoms with Crippen molar-refractivity contribution in [3.63, 3.8) is 0 Å². The smallest absolute Gasteiger partial charge is 0.115 e. The monoisotopic (exact) mass is 702 g/mol. The molecule has 0 amide bonds. The molecule has 0 radical (unpaired) electrons. The van der Waals surface area contributed by atoms with Gasteiger partial charge in [-0.15, -0.1) is 11.3 Å². The molecule has 3 aromatic heterocycles. The van der Waals surface area contributed by atoms with Gasteiger partial charge in [-0.25, -0.2) is 0 Å². The molecule has 0 atom stereocenters. The van der Waals surface area contributed by atoms with Crippen LogP contribution in [0.3, 0.4) is 0 Å².